The maximum absolute atomic E-state index is 13.8. The molecule has 7 heteroatoms. The molecule has 0 saturated carbocycles. The summed E-state index contributed by atoms with van der Waals surface area (Å²) in [7, 11) is 1.62. The molecule has 2 aromatic carbocycles. The van der Waals surface area contributed by atoms with Gasteiger partial charge in [-0.15, -0.1) is 0 Å². The molecule has 0 N–H and O–H groups in total. The molecule has 0 unspecified atom stereocenters. The Morgan fingerprint density at radius 3 is 2.67 bits per heavy atom. The number of carbonyl (C=O) groups excluding carboxylic acids is 1. The van der Waals surface area contributed by atoms with Crippen molar-refractivity contribution >= 4 is 12.0 Å². The zero-order valence-corrected chi connectivity index (χ0v) is 18.6. The van der Waals surface area contributed by atoms with Crippen molar-refractivity contribution in [2.24, 2.45) is 0 Å². The predicted octanol–water partition coefficient (Wildman–Crippen LogP) is 5.38. The first-order valence-corrected chi connectivity index (χ1v) is 11.1. The van der Waals surface area contributed by atoms with E-state index in [1.54, 1.807) is 19.5 Å². The van der Waals surface area contributed by atoms with E-state index in [0.29, 0.717) is 23.3 Å². The van der Waals surface area contributed by atoms with Crippen molar-refractivity contribution in [1.82, 2.24) is 14.5 Å². The van der Waals surface area contributed by atoms with Gasteiger partial charge < -0.3 is 14.2 Å². The largest absolute Gasteiger partial charge is 0.495 e. The average molecular weight is 450 g/mol. The number of halogens is 2. The lowest BCUT2D eigenvalue weighted by atomic mass is 9.95. The monoisotopic (exact) mass is 449 g/mol. The van der Waals surface area contributed by atoms with Gasteiger partial charge in [-0.05, 0) is 74.1 Å². The number of piperidine rings is 1. The van der Waals surface area contributed by atoms with Crippen LogP contribution < -0.4 is 4.74 Å². The topological polar surface area (TPSA) is 47.4 Å². The number of hydrogen-bond acceptors (Lipinski definition) is 3. The predicted molar refractivity (Wildman–Crippen MR) is 121 cm³/mol. The summed E-state index contributed by atoms with van der Waals surface area (Å²) in [5.41, 5.74) is 4.01. The maximum atomic E-state index is 13.8. The van der Waals surface area contributed by atoms with Gasteiger partial charge in [0.1, 0.15) is 5.75 Å². The number of benzene rings is 2. The summed E-state index contributed by atoms with van der Waals surface area (Å²) in [6.07, 6.45) is 8.74. The summed E-state index contributed by atoms with van der Waals surface area (Å²) in [5, 5.41) is 0. The van der Waals surface area contributed by atoms with E-state index in [1.165, 1.54) is 6.07 Å². The molecule has 0 aliphatic carbocycles. The molecule has 33 heavy (non-hydrogen) atoms. The third-order valence-electron chi connectivity index (χ3n) is 6.62. The molecule has 2 atom stereocenters. The zero-order chi connectivity index (χ0) is 23.1. The van der Waals surface area contributed by atoms with E-state index in [1.807, 2.05) is 46.9 Å². The molecular weight excluding hydrogens is 424 g/mol. The number of amides is 1. The van der Waals surface area contributed by atoms with Gasteiger partial charge >= 0.3 is 0 Å². The first kappa shape index (κ1) is 21.4. The summed E-state index contributed by atoms with van der Waals surface area (Å²) in [6, 6.07) is 9.65. The second kappa shape index (κ2) is 8.46. The van der Waals surface area contributed by atoms with Crippen molar-refractivity contribution in [1.29, 1.82) is 0 Å². The van der Waals surface area contributed by atoms with E-state index < -0.39 is 11.6 Å². The van der Waals surface area contributed by atoms with Crippen molar-refractivity contribution in [3.05, 3.63) is 83.0 Å². The zero-order valence-electron chi connectivity index (χ0n) is 18.6. The number of fused-ring (bicyclic) bond motifs is 1. The molecule has 170 valence electrons. The molecule has 1 amide bonds. The summed E-state index contributed by atoms with van der Waals surface area (Å²) < 4.78 is 34.8. The van der Waals surface area contributed by atoms with Crippen LogP contribution in [0, 0.1) is 18.6 Å². The second-order valence-corrected chi connectivity index (χ2v) is 8.69. The smallest absolute Gasteiger partial charge is 0.250 e. The highest BCUT2D eigenvalue weighted by atomic mass is 19.2. The SMILES string of the molecule is COc1cc(C=C2CC[C@@H]3CC[C@H](c4ccc(F)c(F)c4)N3C2=O)ccc1-n1cnc(C)c1. The van der Waals surface area contributed by atoms with Gasteiger partial charge in [-0.3, -0.25) is 4.79 Å². The van der Waals surface area contributed by atoms with Crippen LogP contribution in [-0.4, -0.2) is 33.5 Å². The molecule has 0 spiro atoms. The first-order chi connectivity index (χ1) is 15.9. The number of ether oxygens (including phenoxy) is 1. The van der Waals surface area contributed by atoms with Crippen molar-refractivity contribution in [2.75, 3.05) is 7.11 Å². The average Bonchev–Trinajstić information content (AvgIpc) is 3.44. The van der Waals surface area contributed by atoms with Gasteiger partial charge in [-0.2, -0.15) is 0 Å². The number of imidazole rings is 1. The van der Waals surface area contributed by atoms with E-state index in [-0.39, 0.29) is 18.0 Å². The molecular formula is C26H25F2N3O2. The minimum Gasteiger partial charge on any atom is -0.495 e. The Balaban J connectivity index is 1.43. The van der Waals surface area contributed by atoms with Crippen LogP contribution >= 0.6 is 0 Å². The molecule has 2 saturated heterocycles. The van der Waals surface area contributed by atoms with Crippen LogP contribution in [0.5, 0.6) is 5.75 Å². The van der Waals surface area contributed by atoms with E-state index in [0.717, 1.165) is 42.3 Å². The van der Waals surface area contributed by atoms with Crippen molar-refractivity contribution < 1.29 is 18.3 Å². The lowest BCUT2D eigenvalue weighted by molar-refractivity contribution is -0.131. The Labute approximate surface area is 191 Å². The fourth-order valence-corrected chi connectivity index (χ4v) is 5.00. The molecule has 1 aromatic heterocycles. The van der Waals surface area contributed by atoms with Gasteiger partial charge in [0.25, 0.3) is 5.91 Å². The number of hydrogen-bond donors (Lipinski definition) is 0. The van der Waals surface area contributed by atoms with Gasteiger partial charge in [0.05, 0.1) is 30.9 Å². The van der Waals surface area contributed by atoms with Crippen LogP contribution in [0.15, 0.2) is 54.5 Å². The number of aromatic nitrogens is 2. The number of aryl methyl sites for hydroxylation is 1. The third kappa shape index (κ3) is 3.92. The molecule has 0 radical (unpaired) electrons. The van der Waals surface area contributed by atoms with E-state index in [9.17, 15) is 13.6 Å². The van der Waals surface area contributed by atoms with Crippen LogP contribution in [0.25, 0.3) is 11.8 Å². The maximum Gasteiger partial charge on any atom is 0.250 e. The highest BCUT2D eigenvalue weighted by Crippen LogP contribution is 2.43. The molecule has 5 rings (SSSR count). The van der Waals surface area contributed by atoms with Crippen molar-refractivity contribution in [3.63, 3.8) is 0 Å². The van der Waals surface area contributed by atoms with Gasteiger partial charge in [0.2, 0.25) is 0 Å². The van der Waals surface area contributed by atoms with Gasteiger partial charge in [0.15, 0.2) is 11.6 Å². The Bertz CT molecular complexity index is 1250. The molecule has 2 aliphatic rings. The number of rotatable bonds is 4. The molecule has 5 nitrogen and oxygen atoms in total. The molecule has 3 heterocycles. The van der Waals surface area contributed by atoms with Crippen LogP contribution in [0.2, 0.25) is 0 Å². The van der Waals surface area contributed by atoms with E-state index in [4.69, 9.17) is 4.74 Å². The van der Waals surface area contributed by atoms with Crippen LogP contribution in [0.4, 0.5) is 8.78 Å². The van der Waals surface area contributed by atoms with E-state index in [2.05, 4.69) is 4.98 Å². The van der Waals surface area contributed by atoms with Gasteiger partial charge in [0, 0.05) is 17.8 Å². The molecule has 3 aromatic rings. The lowest BCUT2D eigenvalue weighted by Gasteiger charge is -2.35. The Hall–Kier alpha value is -3.48. The Kier molecular flexibility index (Phi) is 5.48. The molecule has 2 aliphatic heterocycles. The van der Waals surface area contributed by atoms with Crippen LogP contribution in [0.3, 0.4) is 0 Å². The normalized spacial score (nSPS) is 21.5. The van der Waals surface area contributed by atoms with Gasteiger partial charge in [-0.1, -0.05) is 12.1 Å². The molecule has 2 fully saturated rings. The van der Waals surface area contributed by atoms with Crippen LogP contribution in [0.1, 0.15) is 48.5 Å². The van der Waals surface area contributed by atoms with Crippen molar-refractivity contribution in [3.8, 4) is 11.4 Å². The Morgan fingerprint density at radius 1 is 1.09 bits per heavy atom. The summed E-state index contributed by atoms with van der Waals surface area (Å²) >= 11 is 0. The number of carbonyl (C=O) groups is 1. The first-order valence-electron chi connectivity index (χ1n) is 11.1. The molecule has 0 bridgehead atoms. The second-order valence-electron chi connectivity index (χ2n) is 8.69. The standard InChI is InChI=1S/C26H25F2N3O2/c1-16-14-30(15-29-16)24-9-3-17(12-25(24)33-2)11-19-4-6-20-7-10-23(31(20)26(19)32)18-5-8-21(27)22(28)13-18/h3,5,8-9,11-15,20,23H,4,6-7,10H2,1-2H3/t20-,23-/m1/s1. The lowest BCUT2D eigenvalue weighted by Crippen LogP contribution is -2.41. The van der Waals surface area contributed by atoms with Crippen molar-refractivity contribution in [2.45, 2.75) is 44.7 Å². The fraction of sp³-hybridized carbons (Fsp3) is 0.308. The highest BCUT2D eigenvalue weighted by molar-refractivity contribution is 5.99. The summed E-state index contributed by atoms with van der Waals surface area (Å²) in [6.45, 7) is 1.93. The summed E-state index contributed by atoms with van der Waals surface area (Å²) in [5.74, 6) is -1.10. The number of nitrogens with zero attached hydrogens (tertiary/aromatic N) is 3. The highest BCUT2D eigenvalue weighted by Gasteiger charge is 2.41. The minimum atomic E-state index is -0.878. The quantitative estimate of drug-likeness (QED) is 0.503. The third-order valence-corrected chi connectivity index (χ3v) is 6.62. The summed E-state index contributed by atoms with van der Waals surface area (Å²) in [4.78, 5) is 19.6. The number of methoxy groups -OCH3 is 1. The Morgan fingerprint density at radius 2 is 1.94 bits per heavy atom. The van der Waals surface area contributed by atoms with Gasteiger partial charge in [-0.25, -0.2) is 13.8 Å². The van der Waals surface area contributed by atoms with E-state index >= 15 is 0 Å². The van der Waals surface area contributed by atoms with Crippen LogP contribution in [-0.2, 0) is 4.79 Å². The minimum absolute atomic E-state index is 0.0354. The fourth-order valence-electron chi connectivity index (χ4n) is 5.00.